The van der Waals surface area contributed by atoms with E-state index in [1.54, 1.807) is 57.0 Å². The molecule has 0 spiro atoms. The molecule has 0 aliphatic heterocycles. The van der Waals surface area contributed by atoms with Gasteiger partial charge in [-0.1, -0.05) is 29.3 Å². The maximum absolute atomic E-state index is 12.8. The second-order valence-corrected chi connectivity index (χ2v) is 9.75. The van der Waals surface area contributed by atoms with Crippen molar-refractivity contribution in [1.29, 1.82) is 0 Å². The first-order valence-corrected chi connectivity index (χ1v) is 11.7. The average molecular weight is 448 g/mol. The minimum Gasteiger partial charge on any atom is -0.496 e. The first-order chi connectivity index (χ1) is 12.7. The minimum atomic E-state index is -3.60. The fourth-order valence-electron chi connectivity index (χ4n) is 2.81. The molecule has 27 heavy (non-hydrogen) atoms. The Balaban J connectivity index is 2.01. The van der Waals surface area contributed by atoms with Crippen LogP contribution in [0, 0.1) is 20.8 Å². The first kappa shape index (κ1) is 22.4. The van der Waals surface area contributed by atoms with Crippen molar-refractivity contribution >= 4 is 45.0 Å². The predicted molar refractivity (Wildman–Crippen MR) is 115 cm³/mol. The maximum Gasteiger partial charge on any atom is 0.241 e. The average Bonchev–Trinajstić information content (AvgIpc) is 2.59. The Bertz CT molecular complexity index is 911. The molecule has 0 heterocycles. The van der Waals surface area contributed by atoms with E-state index < -0.39 is 10.0 Å². The molecule has 0 radical (unpaired) electrons. The van der Waals surface area contributed by atoms with Crippen molar-refractivity contribution in [3.05, 3.63) is 56.6 Å². The summed E-state index contributed by atoms with van der Waals surface area (Å²) in [5, 5.41) is 1.24. The normalized spacial score (nSPS) is 11.6. The molecule has 0 saturated carbocycles. The molecule has 8 heteroatoms. The lowest BCUT2D eigenvalue weighted by Gasteiger charge is -2.16. The Kier molecular flexibility index (Phi) is 7.89. The zero-order valence-electron chi connectivity index (χ0n) is 15.7. The highest BCUT2D eigenvalue weighted by molar-refractivity contribution is 7.98. The number of thioether (sulfide) groups is 1. The number of sulfonamides is 1. The van der Waals surface area contributed by atoms with Gasteiger partial charge in [0.2, 0.25) is 10.0 Å². The molecule has 2 aromatic carbocycles. The minimum absolute atomic E-state index is 0.318. The number of rotatable bonds is 8. The van der Waals surface area contributed by atoms with Gasteiger partial charge >= 0.3 is 0 Å². The van der Waals surface area contributed by atoms with Gasteiger partial charge in [-0.05, 0) is 61.2 Å². The third-order valence-electron chi connectivity index (χ3n) is 4.31. The molecule has 4 nitrogen and oxygen atoms in total. The molecule has 2 aromatic rings. The lowest BCUT2D eigenvalue weighted by Crippen LogP contribution is -2.27. The van der Waals surface area contributed by atoms with Gasteiger partial charge in [0.15, 0.2) is 0 Å². The van der Waals surface area contributed by atoms with Crippen LogP contribution < -0.4 is 9.46 Å². The van der Waals surface area contributed by atoms with Crippen LogP contribution in [0.25, 0.3) is 0 Å². The molecular weight excluding hydrogens is 425 g/mol. The van der Waals surface area contributed by atoms with E-state index >= 15 is 0 Å². The van der Waals surface area contributed by atoms with E-state index in [0.29, 0.717) is 49.9 Å². The van der Waals surface area contributed by atoms with Crippen LogP contribution in [0.5, 0.6) is 5.75 Å². The zero-order valence-corrected chi connectivity index (χ0v) is 18.9. The smallest absolute Gasteiger partial charge is 0.241 e. The quantitative estimate of drug-likeness (QED) is 0.569. The number of benzene rings is 2. The van der Waals surface area contributed by atoms with E-state index in [2.05, 4.69) is 4.72 Å². The lowest BCUT2D eigenvalue weighted by atomic mass is 10.1. The number of aryl methyl sites for hydroxylation is 1. The van der Waals surface area contributed by atoms with Crippen LogP contribution in [0.15, 0.2) is 29.2 Å². The van der Waals surface area contributed by atoms with Gasteiger partial charge < -0.3 is 4.74 Å². The molecule has 0 fully saturated rings. The van der Waals surface area contributed by atoms with Gasteiger partial charge in [0.25, 0.3) is 0 Å². The van der Waals surface area contributed by atoms with Gasteiger partial charge in [-0.2, -0.15) is 11.8 Å². The number of nitrogens with one attached hydrogen (secondary N) is 1. The van der Waals surface area contributed by atoms with E-state index in [1.165, 1.54) is 0 Å². The summed E-state index contributed by atoms with van der Waals surface area (Å²) < 4.78 is 33.5. The fraction of sp³-hybridized carbons (Fsp3) is 0.368. The molecule has 0 aromatic heterocycles. The highest BCUT2D eigenvalue weighted by Crippen LogP contribution is 2.31. The molecule has 1 N–H and O–H groups in total. The van der Waals surface area contributed by atoms with E-state index in [4.69, 9.17) is 27.9 Å². The van der Waals surface area contributed by atoms with Gasteiger partial charge in [0.05, 0.1) is 12.0 Å². The highest BCUT2D eigenvalue weighted by atomic mass is 35.5. The van der Waals surface area contributed by atoms with Gasteiger partial charge in [-0.25, -0.2) is 13.1 Å². The summed E-state index contributed by atoms with van der Waals surface area (Å²) in [5.74, 6) is 1.92. The van der Waals surface area contributed by atoms with Crippen LogP contribution in [0.3, 0.4) is 0 Å². The second-order valence-electron chi connectivity index (χ2n) is 6.13. The van der Waals surface area contributed by atoms with Gasteiger partial charge in [0, 0.05) is 28.1 Å². The van der Waals surface area contributed by atoms with Gasteiger partial charge in [0.1, 0.15) is 5.75 Å². The summed E-state index contributed by atoms with van der Waals surface area (Å²) in [7, 11) is -2.02. The summed E-state index contributed by atoms with van der Waals surface area (Å²) >= 11 is 13.9. The van der Waals surface area contributed by atoms with E-state index in [9.17, 15) is 8.42 Å². The summed E-state index contributed by atoms with van der Waals surface area (Å²) in [4.78, 5) is 0.319. The van der Waals surface area contributed by atoms with Crippen LogP contribution >= 0.6 is 35.0 Å². The van der Waals surface area contributed by atoms with Crippen molar-refractivity contribution in [2.75, 3.05) is 19.4 Å². The summed E-state index contributed by atoms with van der Waals surface area (Å²) in [6.07, 6.45) is 0. The summed E-state index contributed by atoms with van der Waals surface area (Å²) in [6, 6.07) is 7.15. The van der Waals surface area contributed by atoms with Crippen molar-refractivity contribution in [1.82, 2.24) is 4.72 Å². The molecule has 0 bridgehead atoms. The number of hydrogen-bond acceptors (Lipinski definition) is 4. The number of hydrogen-bond donors (Lipinski definition) is 1. The van der Waals surface area contributed by atoms with E-state index in [1.807, 2.05) is 6.92 Å². The van der Waals surface area contributed by atoms with E-state index in [-0.39, 0.29) is 0 Å². The van der Waals surface area contributed by atoms with Crippen molar-refractivity contribution in [3.8, 4) is 5.75 Å². The van der Waals surface area contributed by atoms with Crippen molar-refractivity contribution in [2.24, 2.45) is 0 Å². The number of halogens is 2. The summed E-state index contributed by atoms with van der Waals surface area (Å²) in [6.45, 7) is 5.75. The fourth-order valence-corrected chi connectivity index (χ4v) is 6.09. The Morgan fingerprint density at radius 2 is 1.74 bits per heavy atom. The van der Waals surface area contributed by atoms with Crippen LogP contribution in [0.4, 0.5) is 0 Å². The van der Waals surface area contributed by atoms with Crippen molar-refractivity contribution in [2.45, 2.75) is 31.4 Å². The molecule has 0 unspecified atom stereocenters. The second kappa shape index (κ2) is 9.52. The molecule has 0 aliphatic carbocycles. The standard InChI is InChI=1S/C19H23Cl2NO3S2/c1-12-10-18(25-4)13(2)14(3)19(12)27(23,24)22-8-9-26-11-15-16(20)6-5-7-17(15)21/h5-7,10,22H,8-9,11H2,1-4H3. The third kappa shape index (κ3) is 5.33. The molecule has 0 saturated heterocycles. The first-order valence-electron chi connectivity index (χ1n) is 8.34. The number of methoxy groups -OCH3 is 1. The van der Waals surface area contributed by atoms with Crippen LogP contribution in [-0.2, 0) is 15.8 Å². The number of ether oxygens (including phenoxy) is 1. The molecule has 0 aliphatic rings. The van der Waals surface area contributed by atoms with Crippen LogP contribution in [-0.4, -0.2) is 27.8 Å². The topological polar surface area (TPSA) is 55.4 Å². The molecule has 148 valence electrons. The Morgan fingerprint density at radius 1 is 1.11 bits per heavy atom. The van der Waals surface area contributed by atoms with Crippen molar-refractivity contribution in [3.63, 3.8) is 0 Å². The third-order valence-corrected chi connectivity index (χ3v) is 7.76. The Labute approximate surface area is 175 Å². The maximum atomic E-state index is 12.8. The molecular formula is C19H23Cl2NO3S2. The van der Waals surface area contributed by atoms with E-state index in [0.717, 1.165) is 11.1 Å². The largest absolute Gasteiger partial charge is 0.496 e. The molecule has 0 amide bonds. The molecule has 0 atom stereocenters. The SMILES string of the molecule is COc1cc(C)c(S(=O)(=O)NCCSCc2c(Cl)cccc2Cl)c(C)c1C. The highest BCUT2D eigenvalue weighted by Gasteiger charge is 2.22. The molecule has 2 rings (SSSR count). The zero-order chi connectivity index (χ0) is 20.2. The predicted octanol–water partition coefficient (Wildman–Crippen LogP) is 5.14. The van der Waals surface area contributed by atoms with Gasteiger partial charge in [-0.3, -0.25) is 0 Å². The summed E-state index contributed by atoms with van der Waals surface area (Å²) in [5.41, 5.74) is 3.06. The van der Waals surface area contributed by atoms with Crippen LogP contribution in [0.1, 0.15) is 22.3 Å². The van der Waals surface area contributed by atoms with Crippen LogP contribution in [0.2, 0.25) is 10.0 Å². The van der Waals surface area contributed by atoms with Crippen molar-refractivity contribution < 1.29 is 13.2 Å². The lowest BCUT2D eigenvalue weighted by molar-refractivity contribution is 0.410. The monoisotopic (exact) mass is 447 g/mol. The van der Waals surface area contributed by atoms with Gasteiger partial charge in [-0.15, -0.1) is 0 Å². The Morgan fingerprint density at radius 3 is 2.33 bits per heavy atom. The Hall–Kier alpha value is -0.920.